The van der Waals surface area contributed by atoms with Crippen molar-refractivity contribution < 1.29 is 4.42 Å². The summed E-state index contributed by atoms with van der Waals surface area (Å²) in [4.78, 5) is 2.35. The van der Waals surface area contributed by atoms with E-state index in [1.54, 1.807) is 0 Å². The zero-order chi connectivity index (χ0) is 38.1. The highest BCUT2D eigenvalue weighted by molar-refractivity contribution is 6.27. The van der Waals surface area contributed by atoms with Gasteiger partial charge in [-0.05, 0) is 91.2 Å². The van der Waals surface area contributed by atoms with Gasteiger partial charge in [-0.3, -0.25) is 0 Å². The second-order valence-corrected chi connectivity index (χ2v) is 15.6. The minimum atomic E-state index is -0.238. The molecule has 0 aliphatic heterocycles. The molecule has 0 saturated carbocycles. The smallest absolute Gasteiger partial charge is 0.159 e. The molecule has 9 aromatic carbocycles. The topological polar surface area (TPSA) is 16.4 Å². The highest BCUT2D eigenvalue weighted by atomic mass is 16.3. The van der Waals surface area contributed by atoms with E-state index in [9.17, 15) is 0 Å². The molecule has 1 aromatic heterocycles. The molecule has 0 amide bonds. The molecule has 1 heterocycles. The molecule has 0 N–H and O–H groups in total. The second kappa shape index (κ2) is 13.0. The number of furan rings is 1. The van der Waals surface area contributed by atoms with Crippen LogP contribution >= 0.6 is 0 Å². The lowest BCUT2D eigenvalue weighted by molar-refractivity contribution is 0.658. The third kappa shape index (κ3) is 5.18. The molecule has 0 unspecified atom stereocenters. The molecular weight excluding hydrogens is 691 g/mol. The Bertz CT molecular complexity index is 3020. The second-order valence-electron chi connectivity index (χ2n) is 15.6. The van der Waals surface area contributed by atoms with E-state index >= 15 is 0 Å². The van der Waals surface area contributed by atoms with E-state index < -0.39 is 0 Å². The number of anilines is 3. The Morgan fingerprint density at radius 1 is 0.386 bits per heavy atom. The number of fused-ring (bicyclic) bond motifs is 10. The Morgan fingerprint density at radius 2 is 0.877 bits per heavy atom. The minimum absolute atomic E-state index is 0.238. The molecule has 0 fully saturated rings. The fraction of sp³-hybridized carbons (Fsp3) is 0.0545. The number of hydrogen-bond acceptors (Lipinski definition) is 2. The summed E-state index contributed by atoms with van der Waals surface area (Å²) in [5.74, 6) is 0. The van der Waals surface area contributed by atoms with E-state index in [1.807, 2.05) is 0 Å². The fourth-order valence-electron chi connectivity index (χ4n) is 9.41. The van der Waals surface area contributed by atoms with Crippen LogP contribution in [0.4, 0.5) is 17.1 Å². The van der Waals surface area contributed by atoms with Crippen molar-refractivity contribution in [3.63, 3.8) is 0 Å². The lowest BCUT2D eigenvalue weighted by Gasteiger charge is -2.26. The van der Waals surface area contributed by atoms with Crippen molar-refractivity contribution >= 4 is 49.8 Å². The maximum Gasteiger partial charge on any atom is 0.159 e. The van der Waals surface area contributed by atoms with Crippen molar-refractivity contribution in [2.24, 2.45) is 0 Å². The molecule has 0 spiro atoms. The van der Waals surface area contributed by atoms with Gasteiger partial charge in [0.05, 0.1) is 5.69 Å². The van der Waals surface area contributed by atoms with Crippen molar-refractivity contribution in [3.8, 4) is 44.5 Å². The Labute approximate surface area is 332 Å². The summed E-state index contributed by atoms with van der Waals surface area (Å²) in [5.41, 5.74) is 17.0. The first-order chi connectivity index (χ1) is 28.1. The van der Waals surface area contributed by atoms with Gasteiger partial charge in [0.2, 0.25) is 0 Å². The van der Waals surface area contributed by atoms with Gasteiger partial charge in [0.15, 0.2) is 5.58 Å². The predicted octanol–water partition coefficient (Wildman–Crippen LogP) is 15.5. The van der Waals surface area contributed by atoms with Crippen LogP contribution in [0.15, 0.2) is 205 Å². The molecule has 0 atom stereocenters. The number of rotatable bonds is 6. The van der Waals surface area contributed by atoms with Crippen LogP contribution in [0.5, 0.6) is 0 Å². The average Bonchev–Trinajstić information content (AvgIpc) is 3.79. The van der Waals surface area contributed by atoms with Crippen LogP contribution in [0.25, 0.3) is 77.2 Å². The van der Waals surface area contributed by atoms with Gasteiger partial charge >= 0.3 is 0 Å². The van der Waals surface area contributed by atoms with E-state index in [0.29, 0.717) is 0 Å². The molecule has 0 radical (unpaired) electrons. The molecule has 0 saturated heterocycles. The predicted molar refractivity (Wildman–Crippen MR) is 240 cm³/mol. The van der Waals surface area contributed by atoms with Gasteiger partial charge < -0.3 is 9.32 Å². The largest absolute Gasteiger partial charge is 0.453 e. The zero-order valence-electron chi connectivity index (χ0n) is 31.9. The molecule has 10 aromatic rings. The summed E-state index contributed by atoms with van der Waals surface area (Å²) in [6.45, 7) is 4.75. The van der Waals surface area contributed by atoms with Gasteiger partial charge in [-0.2, -0.15) is 0 Å². The third-order valence-electron chi connectivity index (χ3n) is 12.0. The van der Waals surface area contributed by atoms with Crippen LogP contribution in [0.1, 0.15) is 25.0 Å². The van der Waals surface area contributed by atoms with Crippen LogP contribution in [-0.4, -0.2) is 0 Å². The van der Waals surface area contributed by atoms with Crippen LogP contribution < -0.4 is 4.90 Å². The maximum absolute atomic E-state index is 7.44. The summed E-state index contributed by atoms with van der Waals surface area (Å²) in [6.07, 6.45) is 0. The van der Waals surface area contributed by atoms with E-state index in [4.69, 9.17) is 4.42 Å². The van der Waals surface area contributed by atoms with Crippen LogP contribution in [0.3, 0.4) is 0 Å². The Balaban J connectivity index is 1.19. The first-order valence-corrected chi connectivity index (χ1v) is 19.8. The van der Waals surface area contributed by atoms with E-state index in [2.05, 4.69) is 219 Å². The first kappa shape index (κ1) is 33.2. The summed E-state index contributed by atoms with van der Waals surface area (Å²) >= 11 is 0. The van der Waals surface area contributed by atoms with Crippen molar-refractivity contribution in [1.29, 1.82) is 0 Å². The highest BCUT2D eigenvalue weighted by Crippen LogP contribution is 2.58. The molecule has 270 valence electrons. The Kier molecular flexibility index (Phi) is 7.55. The molecule has 11 rings (SSSR count). The molecule has 1 aliphatic rings. The minimum Gasteiger partial charge on any atom is -0.453 e. The van der Waals surface area contributed by atoms with Crippen molar-refractivity contribution in [1.82, 2.24) is 0 Å². The Hall–Kier alpha value is -7.16. The first-order valence-electron chi connectivity index (χ1n) is 19.8. The van der Waals surface area contributed by atoms with Crippen LogP contribution in [-0.2, 0) is 5.41 Å². The van der Waals surface area contributed by atoms with Gasteiger partial charge in [-0.1, -0.05) is 184 Å². The van der Waals surface area contributed by atoms with Crippen molar-refractivity contribution in [2.75, 3.05) is 4.90 Å². The number of nitrogens with zero attached hydrogens (tertiary/aromatic N) is 1. The SMILES string of the molecule is CC1(C)c2cccc(-c3ccccc3)c2-c2c1c1ccccc1c1c2oc2c(N(c3ccc(-c4ccccc4)cc3)c3ccc(-c4ccccc4)cc3)cccc21. The molecular formula is C55H39NO. The number of benzene rings is 9. The summed E-state index contributed by atoms with van der Waals surface area (Å²) < 4.78 is 7.44. The number of para-hydroxylation sites is 1. The molecule has 0 bridgehead atoms. The lowest BCUT2D eigenvalue weighted by Crippen LogP contribution is -2.15. The van der Waals surface area contributed by atoms with Gasteiger partial charge in [-0.15, -0.1) is 0 Å². The maximum atomic E-state index is 7.44. The summed E-state index contributed by atoms with van der Waals surface area (Å²) in [7, 11) is 0. The Morgan fingerprint density at radius 3 is 1.47 bits per heavy atom. The molecule has 2 nitrogen and oxygen atoms in total. The van der Waals surface area contributed by atoms with Gasteiger partial charge in [0.1, 0.15) is 5.58 Å². The lowest BCUT2D eigenvalue weighted by atomic mass is 9.79. The van der Waals surface area contributed by atoms with Crippen LogP contribution in [0.2, 0.25) is 0 Å². The molecule has 57 heavy (non-hydrogen) atoms. The standard InChI is InChI=1S/C55H39NO/c1-55(2)47-26-14-24-43(40-20-10-5-11-21-40)50(47)51-52(55)45-23-13-12-22-44(45)49-46-25-15-27-48(53(46)57-54(49)51)56(41-32-28-38(29-33-41)36-16-6-3-7-17-36)42-34-30-39(31-35-42)37-18-8-4-9-19-37/h3-35H,1-2H3. The zero-order valence-corrected chi connectivity index (χ0v) is 31.9. The summed E-state index contributed by atoms with van der Waals surface area (Å²) in [5, 5.41) is 4.76. The molecule has 2 heteroatoms. The average molecular weight is 730 g/mol. The molecule has 1 aliphatic carbocycles. The highest BCUT2D eigenvalue weighted by Gasteiger charge is 2.41. The van der Waals surface area contributed by atoms with Gasteiger partial charge in [-0.25, -0.2) is 0 Å². The van der Waals surface area contributed by atoms with Crippen LogP contribution in [0, 0.1) is 0 Å². The number of hydrogen-bond donors (Lipinski definition) is 0. The third-order valence-corrected chi connectivity index (χ3v) is 12.0. The van der Waals surface area contributed by atoms with Crippen molar-refractivity contribution in [3.05, 3.63) is 211 Å². The van der Waals surface area contributed by atoms with E-state index in [-0.39, 0.29) is 5.41 Å². The van der Waals surface area contributed by atoms with E-state index in [1.165, 1.54) is 66.4 Å². The fourth-order valence-corrected chi connectivity index (χ4v) is 9.41. The summed E-state index contributed by atoms with van der Waals surface area (Å²) in [6, 6.07) is 72.1. The monoisotopic (exact) mass is 729 g/mol. The van der Waals surface area contributed by atoms with Crippen molar-refractivity contribution in [2.45, 2.75) is 19.3 Å². The normalized spacial score (nSPS) is 12.9. The quantitative estimate of drug-likeness (QED) is 0.169. The van der Waals surface area contributed by atoms with E-state index in [0.717, 1.165) is 39.0 Å². The van der Waals surface area contributed by atoms with Gasteiger partial charge in [0, 0.05) is 33.1 Å². The van der Waals surface area contributed by atoms with Gasteiger partial charge in [0.25, 0.3) is 0 Å².